The number of aryl methyl sites for hydroxylation is 1. The molecule has 0 amide bonds. The van der Waals surface area contributed by atoms with Crippen molar-refractivity contribution in [2.24, 2.45) is 5.73 Å². The first-order chi connectivity index (χ1) is 8.15. The molecule has 0 bridgehead atoms. The molecule has 0 saturated carbocycles. The summed E-state index contributed by atoms with van der Waals surface area (Å²) in [5.41, 5.74) is 7.73. The van der Waals surface area contributed by atoms with Crippen LogP contribution in [-0.4, -0.2) is 40.5 Å². The molecule has 0 radical (unpaired) electrons. The first-order valence-electron chi connectivity index (χ1n) is 5.83. The fourth-order valence-electron chi connectivity index (χ4n) is 1.56. The minimum absolute atomic E-state index is 0.551. The van der Waals surface area contributed by atoms with Gasteiger partial charge in [-0.1, -0.05) is 6.07 Å². The highest BCUT2D eigenvalue weighted by molar-refractivity contribution is 5.55. The van der Waals surface area contributed by atoms with Crippen molar-refractivity contribution in [3.05, 3.63) is 23.8 Å². The highest BCUT2D eigenvalue weighted by atomic mass is 16.5. The second-order valence-corrected chi connectivity index (χ2v) is 4.09. The third-order valence-electron chi connectivity index (χ3n) is 2.42. The molecule has 0 aliphatic heterocycles. The molecule has 1 rings (SSSR count). The lowest BCUT2D eigenvalue weighted by molar-refractivity contribution is 0.106. The van der Waals surface area contributed by atoms with Crippen LogP contribution in [0.25, 0.3) is 0 Å². The summed E-state index contributed by atoms with van der Waals surface area (Å²) in [7, 11) is 4.05. The smallest absolute Gasteiger partial charge is 0.121 e. The van der Waals surface area contributed by atoms with Gasteiger partial charge in [0.1, 0.15) is 12.4 Å². The standard InChI is InChI=1S/C13H22N2O2/c1-11-4-5-12(10-13(11)15(2)3)17-9-8-16-7-6-14/h4-5,10H,6-9,14H2,1-3H3. The van der Waals surface area contributed by atoms with E-state index in [0.717, 1.165) is 5.75 Å². The Morgan fingerprint density at radius 1 is 1.18 bits per heavy atom. The second-order valence-electron chi connectivity index (χ2n) is 4.09. The minimum atomic E-state index is 0.551. The van der Waals surface area contributed by atoms with Crippen molar-refractivity contribution in [3.63, 3.8) is 0 Å². The lowest BCUT2D eigenvalue weighted by atomic mass is 10.2. The van der Waals surface area contributed by atoms with E-state index < -0.39 is 0 Å². The number of ether oxygens (including phenoxy) is 2. The molecule has 0 atom stereocenters. The number of hydrogen-bond acceptors (Lipinski definition) is 4. The van der Waals surface area contributed by atoms with Crippen LogP contribution in [0.3, 0.4) is 0 Å². The predicted molar refractivity (Wildman–Crippen MR) is 70.9 cm³/mol. The van der Waals surface area contributed by atoms with Crippen LogP contribution < -0.4 is 15.4 Å². The van der Waals surface area contributed by atoms with Crippen molar-refractivity contribution in [2.75, 3.05) is 45.4 Å². The first-order valence-corrected chi connectivity index (χ1v) is 5.83. The Morgan fingerprint density at radius 2 is 1.94 bits per heavy atom. The van der Waals surface area contributed by atoms with Crippen LogP contribution in [0, 0.1) is 6.92 Å². The van der Waals surface area contributed by atoms with E-state index in [1.54, 1.807) is 0 Å². The van der Waals surface area contributed by atoms with Gasteiger partial charge < -0.3 is 20.1 Å². The van der Waals surface area contributed by atoms with Crippen LogP contribution in [0.5, 0.6) is 5.75 Å². The lowest BCUT2D eigenvalue weighted by Gasteiger charge is -2.17. The van der Waals surface area contributed by atoms with E-state index in [1.807, 2.05) is 26.2 Å². The summed E-state index contributed by atoms with van der Waals surface area (Å²) < 4.78 is 10.9. The Balaban J connectivity index is 2.46. The van der Waals surface area contributed by atoms with Gasteiger partial charge in [0, 0.05) is 32.4 Å². The molecule has 0 aliphatic rings. The third-order valence-corrected chi connectivity index (χ3v) is 2.42. The molecule has 2 N–H and O–H groups in total. The molecule has 0 heterocycles. The van der Waals surface area contributed by atoms with Gasteiger partial charge in [-0.2, -0.15) is 0 Å². The maximum absolute atomic E-state index is 5.61. The number of nitrogens with zero attached hydrogens (tertiary/aromatic N) is 1. The fraction of sp³-hybridized carbons (Fsp3) is 0.538. The van der Waals surface area contributed by atoms with Gasteiger partial charge in [-0.3, -0.25) is 0 Å². The maximum atomic E-state index is 5.61. The Hall–Kier alpha value is -1.26. The van der Waals surface area contributed by atoms with Gasteiger partial charge in [-0.05, 0) is 18.6 Å². The Labute approximate surface area is 103 Å². The first kappa shape index (κ1) is 13.8. The summed E-state index contributed by atoms with van der Waals surface area (Å²) in [6.07, 6.45) is 0. The normalized spacial score (nSPS) is 10.4. The van der Waals surface area contributed by atoms with Crippen molar-refractivity contribution in [3.8, 4) is 5.75 Å². The van der Waals surface area contributed by atoms with E-state index >= 15 is 0 Å². The van der Waals surface area contributed by atoms with E-state index in [9.17, 15) is 0 Å². The summed E-state index contributed by atoms with van der Waals surface area (Å²) in [5, 5.41) is 0. The Morgan fingerprint density at radius 3 is 2.59 bits per heavy atom. The summed E-state index contributed by atoms with van der Waals surface area (Å²) in [5.74, 6) is 0.871. The second kappa shape index (κ2) is 7.14. The molecule has 0 spiro atoms. The summed E-state index contributed by atoms with van der Waals surface area (Å²) in [4.78, 5) is 2.08. The van der Waals surface area contributed by atoms with Gasteiger partial charge in [0.15, 0.2) is 0 Å². The van der Waals surface area contributed by atoms with Crippen molar-refractivity contribution in [1.29, 1.82) is 0 Å². The van der Waals surface area contributed by atoms with Crippen LogP contribution in [0.15, 0.2) is 18.2 Å². The molecule has 96 valence electrons. The lowest BCUT2D eigenvalue weighted by Crippen LogP contribution is -2.13. The van der Waals surface area contributed by atoms with E-state index in [4.69, 9.17) is 15.2 Å². The molecule has 4 heteroatoms. The van der Waals surface area contributed by atoms with Crippen LogP contribution >= 0.6 is 0 Å². The number of nitrogens with two attached hydrogens (primary N) is 1. The molecule has 4 nitrogen and oxygen atoms in total. The maximum Gasteiger partial charge on any atom is 0.121 e. The number of anilines is 1. The molecular formula is C13H22N2O2. The fourth-order valence-corrected chi connectivity index (χ4v) is 1.56. The van der Waals surface area contributed by atoms with Crippen LogP contribution in [0.1, 0.15) is 5.56 Å². The average molecular weight is 238 g/mol. The SMILES string of the molecule is Cc1ccc(OCCOCCN)cc1N(C)C. The van der Waals surface area contributed by atoms with E-state index in [-0.39, 0.29) is 0 Å². The molecule has 17 heavy (non-hydrogen) atoms. The highest BCUT2D eigenvalue weighted by Crippen LogP contribution is 2.23. The highest BCUT2D eigenvalue weighted by Gasteiger charge is 2.02. The molecule has 0 aromatic heterocycles. The van der Waals surface area contributed by atoms with Crippen LogP contribution in [0.2, 0.25) is 0 Å². The number of rotatable bonds is 7. The van der Waals surface area contributed by atoms with Gasteiger partial charge in [-0.25, -0.2) is 0 Å². The van der Waals surface area contributed by atoms with Crippen LogP contribution in [0.4, 0.5) is 5.69 Å². The topological polar surface area (TPSA) is 47.7 Å². The van der Waals surface area contributed by atoms with Crippen LogP contribution in [-0.2, 0) is 4.74 Å². The molecule has 0 fully saturated rings. The third kappa shape index (κ3) is 4.63. The molecule has 1 aromatic carbocycles. The molecule has 0 aliphatic carbocycles. The van der Waals surface area contributed by atoms with Crippen molar-refractivity contribution in [1.82, 2.24) is 0 Å². The van der Waals surface area contributed by atoms with Gasteiger partial charge >= 0.3 is 0 Å². The molecule has 1 aromatic rings. The Kier molecular flexibility index (Phi) is 5.80. The largest absolute Gasteiger partial charge is 0.491 e. The van der Waals surface area contributed by atoms with Crippen molar-refractivity contribution >= 4 is 5.69 Å². The zero-order valence-corrected chi connectivity index (χ0v) is 10.9. The number of benzene rings is 1. The van der Waals surface area contributed by atoms with Gasteiger partial charge in [0.2, 0.25) is 0 Å². The van der Waals surface area contributed by atoms with E-state index in [1.165, 1.54) is 11.3 Å². The summed E-state index contributed by atoms with van der Waals surface area (Å²) in [6.45, 7) is 4.34. The minimum Gasteiger partial charge on any atom is -0.491 e. The molecule has 0 unspecified atom stereocenters. The van der Waals surface area contributed by atoms with E-state index in [0.29, 0.717) is 26.4 Å². The molecule has 0 saturated heterocycles. The predicted octanol–water partition coefficient (Wildman–Crippen LogP) is 1.42. The zero-order chi connectivity index (χ0) is 12.7. The van der Waals surface area contributed by atoms with Gasteiger partial charge in [0.05, 0.1) is 13.2 Å². The zero-order valence-electron chi connectivity index (χ0n) is 10.9. The van der Waals surface area contributed by atoms with Crippen molar-refractivity contribution < 1.29 is 9.47 Å². The quantitative estimate of drug-likeness (QED) is 0.730. The summed E-state index contributed by atoms with van der Waals surface area (Å²) >= 11 is 0. The Bertz CT molecular complexity index is 340. The van der Waals surface area contributed by atoms with Gasteiger partial charge in [-0.15, -0.1) is 0 Å². The average Bonchev–Trinajstić information content (AvgIpc) is 2.30. The van der Waals surface area contributed by atoms with Gasteiger partial charge in [0.25, 0.3) is 0 Å². The molecular weight excluding hydrogens is 216 g/mol. The van der Waals surface area contributed by atoms with Crippen molar-refractivity contribution in [2.45, 2.75) is 6.92 Å². The van der Waals surface area contributed by atoms with E-state index in [2.05, 4.69) is 17.9 Å². The summed E-state index contributed by atoms with van der Waals surface area (Å²) in [6, 6.07) is 6.08. The monoisotopic (exact) mass is 238 g/mol. The number of hydrogen-bond donors (Lipinski definition) is 1.